The fraction of sp³-hybridized carbons (Fsp3) is 0.667. The summed E-state index contributed by atoms with van der Waals surface area (Å²) in [4.78, 5) is 12.5. The van der Waals surface area contributed by atoms with Crippen molar-refractivity contribution in [2.75, 3.05) is 20.6 Å². The third kappa shape index (κ3) is 5.60. The molecular formula is C6H13N3OS. The van der Waals surface area contributed by atoms with E-state index in [0.29, 0.717) is 13.0 Å². The zero-order chi connectivity index (χ0) is 8.85. The minimum atomic E-state index is 0.0637. The molecule has 0 spiro atoms. The van der Waals surface area contributed by atoms with Gasteiger partial charge >= 0.3 is 0 Å². The number of carbonyl (C=O) groups excluding carboxylic acids is 1. The van der Waals surface area contributed by atoms with E-state index in [1.165, 1.54) is 4.90 Å². The molecule has 1 amide bonds. The number of nitrogens with zero attached hydrogens (tertiary/aromatic N) is 1. The van der Waals surface area contributed by atoms with E-state index < -0.39 is 0 Å². The van der Waals surface area contributed by atoms with Crippen molar-refractivity contribution in [1.82, 2.24) is 10.2 Å². The molecule has 0 saturated heterocycles. The molecule has 0 unspecified atom stereocenters. The molecule has 5 heteroatoms. The molecule has 0 radical (unpaired) electrons. The van der Waals surface area contributed by atoms with Crippen LogP contribution in [-0.2, 0) is 4.79 Å². The summed E-state index contributed by atoms with van der Waals surface area (Å²) in [5.74, 6) is 0.0637. The fourth-order valence-electron chi connectivity index (χ4n) is 0.516. The maximum Gasteiger partial charge on any atom is 0.223 e. The van der Waals surface area contributed by atoms with Gasteiger partial charge in [-0.3, -0.25) is 4.79 Å². The van der Waals surface area contributed by atoms with Crippen LogP contribution in [0.3, 0.4) is 0 Å². The number of hydrogen-bond donors (Lipinski definition) is 2. The van der Waals surface area contributed by atoms with Gasteiger partial charge in [0.2, 0.25) is 5.91 Å². The number of hydrogen-bond acceptors (Lipinski definition) is 2. The maximum absolute atomic E-state index is 10.9. The Morgan fingerprint density at radius 3 is 2.55 bits per heavy atom. The molecule has 0 aliphatic rings. The van der Waals surface area contributed by atoms with E-state index in [0.717, 1.165) is 0 Å². The molecular weight excluding hydrogens is 162 g/mol. The predicted molar refractivity (Wildman–Crippen MR) is 48.1 cm³/mol. The predicted octanol–water partition coefficient (Wildman–Crippen LogP) is -0.702. The summed E-state index contributed by atoms with van der Waals surface area (Å²) in [6.07, 6.45) is 0.421. The molecule has 0 bridgehead atoms. The Hall–Kier alpha value is -0.840. The number of amides is 1. The third-order valence-electron chi connectivity index (χ3n) is 1.14. The lowest BCUT2D eigenvalue weighted by Gasteiger charge is -2.09. The van der Waals surface area contributed by atoms with Gasteiger partial charge in [-0.05, 0) is 12.2 Å². The minimum absolute atomic E-state index is 0.0637. The first kappa shape index (κ1) is 10.2. The Morgan fingerprint density at radius 2 is 2.18 bits per heavy atom. The van der Waals surface area contributed by atoms with Crippen LogP contribution >= 0.6 is 12.2 Å². The van der Waals surface area contributed by atoms with Crippen molar-refractivity contribution in [3.63, 3.8) is 0 Å². The highest BCUT2D eigenvalue weighted by molar-refractivity contribution is 7.80. The summed E-state index contributed by atoms with van der Waals surface area (Å²) in [5.41, 5.74) is 5.15. The standard InChI is InChI=1S/C6H13N3OS/c1-9(2)5(10)3-4-8-6(7)11/h3-4H2,1-2H3,(H3,7,8,11). The Morgan fingerprint density at radius 1 is 1.64 bits per heavy atom. The van der Waals surface area contributed by atoms with Crippen LogP contribution in [0.15, 0.2) is 0 Å². The van der Waals surface area contributed by atoms with Crippen molar-refractivity contribution in [3.8, 4) is 0 Å². The second-order valence-electron chi connectivity index (χ2n) is 2.33. The summed E-state index contributed by atoms with van der Waals surface area (Å²) in [6.45, 7) is 0.506. The molecule has 0 aliphatic carbocycles. The average molecular weight is 175 g/mol. The van der Waals surface area contributed by atoms with Crippen molar-refractivity contribution in [3.05, 3.63) is 0 Å². The van der Waals surface area contributed by atoms with E-state index >= 15 is 0 Å². The molecule has 0 heterocycles. The van der Waals surface area contributed by atoms with Gasteiger partial charge in [0.15, 0.2) is 5.11 Å². The molecule has 0 saturated carbocycles. The van der Waals surface area contributed by atoms with Gasteiger partial charge in [0, 0.05) is 27.1 Å². The molecule has 0 aromatic carbocycles. The molecule has 4 nitrogen and oxygen atoms in total. The summed E-state index contributed by atoms with van der Waals surface area (Å²) in [5, 5.41) is 2.93. The lowest BCUT2D eigenvalue weighted by atomic mass is 10.4. The molecule has 0 aromatic heterocycles. The first-order valence-corrected chi connectivity index (χ1v) is 3.68. The summed E-state index contributed by atoms with van der Waals surface area (Å²) in [6, 6.07) is 0. The number of nitrogens with one attached hydrogen (secondary N) is 1. The van der Waals surface area contributed by atoms with Crippen LogP contribution in [0.1, 0.15) is 6.42 Å². The van der Waals surface area contributed by atoms with Gasteiger partial charge in [-0.2, -0.15) is 0 Å². The Balaban J connectivity index is 3.39. The average Bonchev–Trinajstić information content (AvgIpc) is 1.86. The van der Waals surface area contributed by atoms with Crippen molar-refractivity contribution in [2.45, 2.75) is 6.42 Å². The largest absolute Gasteiger partial charge is 0.376 e. The van der Waals surface area contributed by atoms with Gasteiger partial charge in [0.25, 0.3) is 0 Å². The highest BCUT2D eigenvalue weighted by Crippen LogP contribution is 1.83. The van der Waals surface area contributed by atoms with Gasteiger partial charge in [-0.1, -0.05) is 0 Å². The molecule has 64 valence electrons. The summed E-state index contributed by atoms with van der Waals surface area (Å²) < 4.78 is 0. The van der Waals surface area contributed by atoms with Crippen molar-refractivity contribution in [2.24, 2.45) is 5.73 Å². The molecule has 3 N–H and O–H groups in total. The number of carbonyl (C=O) groups is 1. The van der Waals surface area contributed by atoms with E-state index in [2.05, 4.69) is 17.5 Å². The van der Waals surface area contributed by atoms with Crippen molar-refractivity contribution >= 4 is 23.2 Å². The Kier molecular flexibility index (Phi) is 4.52. The van der Waals surface area contributed by atoms with Crippen LogP contribution in [0.4, 0.5) is 0 Å². The molecule has 0 aromatic rings. The van der Waals surface area contributed by atoms with Crippen LogP contribution in [-0.4, -0.2) is 36.6 Å². The van der Waals surface area contributed by atoms with Crippen molar-refractivity contribution < 1.29 is 4.79 Å². The first-order valence-electron chi connectivity index (χ1n) is 3.27. The molecule has 0 atom stereocenters. The summed E-state index contributed by atoms with van der Waals surface area (Å²) >= 11 is 4.55. The van der Waals surface area contributed by atoms with Crippen LogP contribution in [0.2, 0.25) is 0 Å². The minimum Gasteiger partial charge on any atom is -0.376 e. The van der Waals surface area contributed by atoms with E-state index in [4.69, 9.17) is 5.73 Å². The molecule has 0 fully saturated rings. The van der Waals surface area contributed by atoms with Crippen LogP contribution < -0.4 is 11.1 Å². The van der Waals surface area contributed by atoms with E-state index in [1.54, 1.807) is 14.1 Å². The lowest BCUT2D eigenvalue weighted by molar-refractivity contribution is -0.128. The fourth-order valence-corrected chi connectivity index (χ4v) is 0.618. The quantitative estimate of drug-likeness (QED) is 0.557. The smallest absolute Gasteiger partial charge is 0.223 e. The van der Waals surface area contributed by atoms with E-state index in [9.17, 15) is 4.79 Å². The second kappa shape index (κ2) is 4.90. The van der Waals surface area contributed by atoms with Crippen LogP contribution in [0.25, 0.3) is 0 Å². The molecule has 0 rings (SSSR count). The van der Waals surface area contributed by atoms with Gasteiger partial charge in [0.05, 0.1) is 0 Å². The number of rotatable bonds is 3. The van der Waals surface area contributed by atoms with E-state index in [-0.39, 0.29) is 11.0 Å². The zero-order valence-electron chi connectivity index (χ0n) is 6.76. The Labute approximate surface area is 71.7 Å². The van der Waals surface area contributed by atoms with Crippen molar-refractivity contribution in [1.29, 1.82) is 0 Å². The van der Waals surface area contributed by atoms with E-state index in [1.807, 2.05) is 0 Å². The van der Waals surface area contributed by atoms with Crippen LogP contribution in [0, 0.1) is 0 Å². The topological polar surface area (TPSA) is 58.4 Å². The SMILES string of the molecule is CN(C)C(=O)CCNC(N)=S. The molecule has 11 heavy (non-hydrogen) atoms. The van der Waals surface area contributed by atoms with Gasteiger partial charge in [0.1, 0.15) is 0 Å². The first-order chi connectivity index (χ1) is 5.04. The van der Waals surface area contributed by atoms with Gasteiger partial charge < -0.3 is 16.0 Å². The highest BCUT2D eigenvalue weighted by Gasteiger charge is 2.01. The maximum atomic E-state index is 10.9. The number of thiocarbonyl (C=S) groups is 1. The molecule has 0 aliphatic heterocycles. The normalized spacial score (nSPS) is 8.91. The van der Waals surface area contributed by atoms with Gasteiger partial charge in [-0.25, -0.2) is 0 Å². The van der Waals surface area contributed by atoms with Crippen LogP contribution in [0.5, 0.6) is 0 Å². The lowest BCUT2D eigenvalue weighted by Crippen LogP contribution is -2.33. The Bertz CT molecular complexity index is 158. The third-order valence-corrected chi connectivity index (χ3v) is 1.28. The number of nitrogens with two attached hydrogens (primary N) is 1. The van der Waals surface area contributed by atoms with Gasteiger partial charge in [-0.15, -0.1) is 0 Å². The second-order valence-corrected chi connectivity index (χ2v) is 2.77. The monoisotopic (exact) mass is 175 g/mol. The highest BCUT2D eigenvalue weighted by atomic mass is 32.1. The zero-order valence-corrected chi connectivity index (χ0v) is 7.57. The summed E-state index contributed by atoms with van der Waals surface area (Å²) in [7, 11) is 3.42.